The molecule has 0 amide bonds. The van der Waals surface area contributed by atoms with E-state index in [1.807, 2.05) is 24.3 Å². The van der Waals surface area contributed by atoms with Crippen LogP contribution in [-0.2, 0) is 19.9 Å². The number of hydrogen-bond donors (Lipinski definition) is 1. The molecular weight excluding hydrogens is 344 g/mol. The van der Waals surface area contributed by atoms with Gasteiger partial charge in [-0.05, 0) is 25.8 Å². The van der Waals surface area contributed by atoms with Crippen molar-refractivity contribution in [3.8, 4) is 0 Å². The lowest BCUT2D eigenvalue weighted by atomic mass is 9.69. The molecule has 0 aliphatic carbocycles. The van der Waals surface area contributed by atoms with E-state index in [1.54, 1.807) is 6.26 Å². The van der Waals surface area contributed by atoms with Crippen molar-refractivity contribution >= 4 is 17.4 Å². The topological polar surface area (TPSA) is 71.4 Å². The third-order valence-corrected chi connectivity index (χ3v) is 6.80. The summed E-state index contributed by atoms with van der Waals surface area (Å²) >= 11 is 0. The quantitative estimate of drug-likeness (QED) is 0.769. The highest BCUT2D eigenvalue weighted by molar-refractivity contribution is 6.04. The predicted octanol–water partition coefficient (Wildman–Crippen LogP) is 2.15. The molecule has 1 N–H and O–H groups in total. The van der Waals surface area contributed by atoms with Crippen LogP contribution in [0.2, 0.25) is 0 Å². The fourth-order valence-electron chi connectivity index (χ4n) is 5.34. The molecule has 0 aromatic heterocycles. The summed E-state index contributed by atoms with van der Waals surface area (Å²) in [5.74, 6) is -0.0415. The van der Waals surface area contributed by atoms with Crippen LogP contribution >= 0.6 is 0 Å². The summed E-state index contributed by atoms with van der Waals surface area (Å²) in [6, 6.07) is 7.87. The number of methoxy groups -OCH3 is 1. The third kappa shape index (κ3) is 2.33. The SMILES string of the molecule is COC(=O)C1=COC(C)C2CN3CCC4(O)C(=Nc5ccccc54)C3CC12. The number of carbonyl (C=O) groups excluding carboxylic acids is 1. The Morgan fingerprint density at radius 2 is 2.22 bits per heavy atom. The van der Waals surface area contributed by atoms with Crippen LogP contribution in [0, 0.1) is 11.8 Å². The molecule has 142 valence electrons. The average Bonchev–Trinajstić information content (AvgIpc) is 3.00. The van der Waals surface area contributed by atoms with Gasteiger partial charge in [-0.15, -0.1) is 0 Å². The standard InChI is InChI=1S/C21H24N2O4/c1-12-14-10-23-8-7-21(25)16-5-3-4-6-17(16)22-19(21)18(23)9-13(14)15(11-27-12)20(24)26-2/h3-6,11-14,18,25H,7-10H2,1-2H3. The molecule has 4 aliphatic heterocycles. The van der Waals surface area contributed by atoms with Crippen molar-refractivity contribution in [1.29, 1.82) is 0 Å². The Bertz CT molecular complexity index is 863. The number of rotatable bonds is 1. The van der Waals surface area contributed by atoms with Gasteiger partial charge in [0.2, 0.25) is 0 Å². The normalized spacial score (nSPS) is 37.0. The van der Waals surface area contributed by atoms with Crippen LogP contribution in [0.4, 0.5) is 5.69 Å². The maximum Gasteiger partial charge on any atom is 0.337 e. The molecule has 0 spiro atoms. The van der Waals surface area contributed by atoms with Gasteiger partial charge in [-0.2, -0.15) is 0 Å². The Hall–Kier alpha value is -2.18. The number of para-hydroxylation sites is 1. The fourth-order valence-corrected chi connectivity index (χ4v) is 5.34. The Labute approximate surface area is 158 Å². The van der Waals surface area contributed by atoms with Gasteiger partial charge in [0.15, 0.2) is 0 Å². The number of ether oxygens (including phenoxy) is 2. The van der Waals surface area contributed by atoms with E-state index in [0.717, 1.165) is 36.5 Å². The Morgan fingerprint density at radius 3 is 3.04 bits per heavy atom. The number of nitrogens with zero attached hydrogens (tertiary/aromatic N) is 2. The number of benzene rings is 1. The molecule has 5 atom stereocenters. The van der Waals surface area contributed by atoms with Crippen LogP contribution in [0.3, 0.4) is 0 Å². The first kappa shape index (κ1) is 17.0. The smallest absolute Gasteiger partial charge is 0.337 e. The summed E-state index contributed by atoms with van der Waals surface area (Å²) in [5.41, 5.74) is 2.22. The van der Waals surface area contributed by atoms with Gasteiger partial charge < -0.3 is 14.6 Å². The first-order valence-corrected chi connectivity index (χ1v) is 9.62. The summed E-state index contributed by atoms with van der Waals surface area (Å²) in [6.45, 7) is 3.70. The van der Waals surface area contributed by atoms with Crippen LogP contribution < -0.4 is 0 Å². The Kier molecular flexibility index (Phi) is 3.71. The van der Waals surface area contributed by atoms with Gasteiger partial charge in [-0.1, -0.05) is 18.2 Å². The molecule has 4 aliphatic rings. The monoisotopic (exact) mass is 368 g/mol. The van der Waals surface area contributed by atoms with Crippen molar-refractivity contribution in [3.05, 3.63) is 41.7 Å². The molecule has 5 unspecified atom stereocenters. The molecule has 1 aromatic rings. The summed E-state index contributed by atoms with van der Waals surface area (Å²) in [5, 5.41) is 11.5. The first-order chi connectivity index (χ1) is 13.0. The summed E-state index contributed by atoms with van der Waals surface area (Å²) < 4.78 is 10.7. The van der Waals surface area contributed by atoms with Gasteiger partial charge in [-0.25, -0.2) is 4.79 Å². The highest BCUT2D eigenvalue weighted by Gasteiger charge is 2.54. The molecule has 2 fully saturated rings. The van der Waals surface area contributed by atoms with Crippen molar-refractivity contribution in [1.82, 2.24) is 4.90 Å². The number of hydrogen-bond acceptors (Lipinski definition) is 6. The Balaban J connectivity index is 1.52. The second-order valence-electron chi connectivity index (χ2n) is 8.05. The second kappa shape index (κ2) is 5.91. The van der Waals surface area contributed by atoms with E-state index >= 15 is 0 Å². The van der Waals surface area contributed by atoms with Crippen LogP contribution in [0.5, 0.6) is 0 Å². The minimum atomic E-state index is -0.990. The van der Waals surface area contributed by atoms with Gasteiger partial charge in [0.05, 0.1) is 42.5 Å². The largest absolute Gasteiger partial charge is 0.497 e. The van der Waals surface area contributed by atoms with Crippen molar-refractivity contribution in [2.45, 2.75) is 37.5 Å². The van der Waals surface area contributed by atoms with E-state index in [0.29, 0.717) is 12.0 Å². The van der Waals surface area contributed by atoms with Gasteiger partial charge in [0, 0.05) is 30.5 Å². The van der Waals surface area contributed by atoms with Gasteiger partial charge in [0.1, 0.15) is 5.60 Å². The van der Waals surface area contributed by atoms with Gasteiger partial charge in [0.25, 0.3) is 0 Å². The molecular formula is C21H24N2O4. The fraction of sp³-hybridized carbons (Fsp3) is 0.524. The Morgan fingerprint density at radius 1 is 1.41 bits per heavy atom. The number of esters is 1. The van der Waals surface area contributed by atoms with Crippen molar-refractivity contribution in [2.24, 2.45) is 16.8 Å². The minimum Gasteiger partial charge on any atom is -0.497 e. The number of carbonyl (C=O) groups is 1. The summed E-state index contributed by atoms with van der Waals surface area (Å²) in [6.07, 6.45) is 3.01. The molecule has 5 rings (SSSR count). The number of aliphatic hydroxyl groups is 1. The number of fused-ring (bicyclic) bond motifs is 6. The molecule has 27 heavy (non-hydrogen) atoms. The molecule has 2 saturated heterocycles. The molecule has 4 heterocycles. The molecule has 6 heteroatoms. The van der Waals surface area contributed by atoms with Gasteiger partial charge in [-0.3, -0.25) is 9.89 Å². The number of aliphatic imine (C=N–C) groups is 1. The van der Waals surface area contributed by atoms with E-state index < -0.39 is 5.60 Å². The van der Waals surface area contributed by atoms with Crippen molar-refractivity contribution < 1.29 is 19.4 Å². The molecule has 6 nitrogen and oxygen atoms in total. The molecule has 0 radical (unpaired) electrons. The lowest BCUT2D eigenvalue weighted by molar-refractivity contribution is -0.139. The average molecular weight is 368 g/mol. The van der Waals surface area contributed by atoms with E-state index in [2.05, 4.69) is 11.8 Å². The van der Waals surface area contributed by atoms with E-state index in [4.69, 9.17) is 14.5 Å². The molecule has 0 bridgehead atoms. The van der Waals surface area contributed by atoms with Crippen molar-refractivity contribution in [3.63, 3.8) is 0 Å². The van der Waals surface area contributed by atoms with Crippen LogP contribution in [0.1, 0.15) is 25.3 Å². The van der Waals surface area contributed by atoms with Gasteiger partial charge >= 0.3 is 5.97 Å². The van der Waals surface area contributed by atoms with Crippen LogP contribution in [0.15, 0.2) is 41.1 Å². The zero-order valence-electron chi connectivity index (χ0n) is 15.6. The highest BCUT2D eigenvalue weighted by atomic mass is 16.5. The maximum absolute atomic E-state index is 12.3. The van der Waals surface area contributed by atoms with Crippen LogP contribution in [0.25, 0.3) is 0 Å². The van der Waals surface area contributed by atoms with E-state index in [-0.39, 0.29) is 30.0 Å². The third-order valence-electron chi connectivity index (χ3n) is 6.80. The lowest BCUT2D eigenvalue weighted by Gasteiger charge is -2.52. The minimum absolute atomic E-state index is 0.0238. The van der Waals surface area contributed by atoms with E-state index in [1.165, 1.54) is 7.11 Å². The van der Waals surface area contributed by atoms with Crippen LogP contribution in [-0.4, -0.2) is 54.0 Å². The summed E-state index contributed by atoms with van der Waals surface area (Å²) in [4.78, 5) is 19.5. The predicted molar refractivity (Wildman–Crippen MR) is 99.7 cm³/mol. The maximum atomic E-state index is 12.3. The van der Waals surface area contributed by atoms with E-state index in [9.17, 15) is 9.90 Å². The zero-order valence-corrected chi connectivity index (χ0v) is 15.6. The lowest BCUT2D eigenvalue weighted by Crippen LogP contribution is -2.62. The molecule has 1 aromatic carbocycles. The second-order valence-corrected chi connectivity index (χ2v) is 8.05. The molecule has 0 saturated carbocycles. The highest BCUT2D eigenvalue weighted by Crippen LogP contribution is 2.49. The zero-order chi connectivity index (χ0) is 18.8. The summed E-state index contributed by atoms with van der Waals surface area (Å²) in [7, 11) is 1.41. The van der Waals surface area contributed by atoms with Crippen molar-refractivity contribution in [2.75, 3.05) is 20.2 Å². The number of piperidine rings is 2. The first-order valence-electron chi connectivity index (χ1n) is 9.62.